The number of carbonyl (C=O) groups is 1. The smallest absolute Gasteiger partial charge is 0.319 e. The Morgan fingerprint density at radius 2 is 2.15 bits per heavy atom. The van der Waals surface area contributed by atoms with Gasteiger partial charge in [0.2, 0.25) is 0 Å². The van der Waals surface area contributed by atoms with Crippen molar-refractivity contribution in [2.24, 2.45) is 16.8 Å². The maximum absolute atomic E-state index is 11.9. The van der Waals surface area contributed by atoms with Crippen molar-refractivity contribution in [3.8, 4) is 0 Å². The first kappa shape index (κ1) is 14.7. The molecule has 8 heteroatoms. The van der Waals surface area contributed by atoms with Crippen molar-refractivity contribution < 1.29 is 10.0 Å². The number of oxime groups is 1. The van der Waals surface area contributed by atoms with Gasteiger partial charge in [0.1, 0.15) is 0 Å². The van der Waals surface area contributed by atoms with Crippen LogP contribution in [0.3, 0.4) is 0 Å². The van der Waals surface area contributed by atoms with E-state index in [2.05, 4.69) is 15.8 Å². The Hall–Kier alpha value is -1.66. The minimum absolute atomic E-state index is 0.0140. The molecule has 0 aromatic heterocycles. The van der Waals surface area contributed by atoms with E-state index in [0.29, 0.717) is 15.7 Å². The van der Waals surface area contributed by atoms with E-state index < -0.39 is 12.1 Å². The summed E-state index contributed by atoms with van der Waals surface area (Å²) < 4.78 is 0. The van der Waals surface area contributed by atoms with Crippen molar-refractivity contribution in [3.63, 3.8) is 0 Å². The van der Waals surface area contributed by atoms with Gasteiger partial charge in [-0.05, 0) is 37.0 Å². The van der Waals surface area contributed by atoms with Gasteiger partial charge in [-0.15, -0.1) is 0 Å². The summed E-state index contributed by atoms with van der Waals surface area (Å²) in [5.41, 5.74) is 5.96. The molecule has 2 amide bonds. The number of amides is 2. The van der Waals surface area contributed by atoms with Crippen LogP contribution >= 0.6 is 23.2 Å². The number of carbonyl (C=O) groups excluding carboxylic acids is 1. The molecule has 0 saturated heterocycles. The molecule has 0 bridgehead atoms. The van der Waals surface area contributed by atoms with Crippen molar-refractivity contribution in [2.75, 3.05) is 5.32 Å². The molecule has 1 atom stereocenters. The quantitative estimate of drug-likeness (QED) is 0.297. The third-order valence-corrected chi connectivity index (χ3v) is 3.56. The monoisotopic (exact) mass is 316 g/mol. The van der Waals surface area contributed by atoms with Crippen molar-refractivity contribution >= 4 is 40.8 Å². The maximum atomic E-state index is 11.9. The van der Waals surface area contributed by atoms with Gasteiger partial charge in [-0.3, -0.25) is 0 Å². The van der Waals surface area contributed by atoms with Gasteiger partial charge in [-0.25, -0.2) is 4.79 Å². The summed E-state index contributed by atoms with van der Waals surface area (Å²) in [5, 5.41) is 17.7. The number of rotatable bonds is 4. The number of nitrogens with two attached hydrogens (primary N) is 1. The Kier molecular flexibility index (Phi) is 4.57. The molecule has 1 aromatic rings. The van der Waals surface area contributed by atoms with Crippen molar-refractivity contribution in [2.45, 2.75) is 18.9 Å². The minimum atomic E-state index is -0.488. The highest BCUT2D eigenvalue weighted by Crippen LogP contribution is 2.33. The van der Waals surface area contributed by atoms with Gasteiger partial charge in [0.05, 0.1) is 16.8 Å². The molecule has 1 saturated carbocycles. The zero-order valence-electron chi connectivity index (χ0n) is 10.4. The molecule has 0 spiro atoms. The number of anilines is 1. The highest BCUT2D eigenvalue weighted by Gasteiger charge is 2.35. The molecule has 1 fully saturated rings. The predicted molar refractivity (Wildman–Crippen MR) is 78.5 cm³/mol. The van der Waals surface area contributed by atoms with E-state index in [9.17, 15) is 4.79 Å². The van der Waals surface area contributed by atoms with Crippen LogP contribution in [0, 0.1) is 5.92 Å². The summed E-state index contributed by atoms with van der Waals surface area (Å²) >= 11 is 11.8. The van der Waals surface area contributed by atoms with Crippen LogP contribution in [0.1, 0.15) is 12.8 Å². The number of nitrogens with one attached hydrogen (secondary N) is 2. The number of hydrogen-bond acceptors (Lipinski definition) is 3. The standard InChI is InChI=1S/C12H14Cl2N4O2/c13-7-3-4-8(14)9(5-7)16-12(19)17-10(6-1-2-6)11(15)18-20/h3-6,10,20H,1-2H2,(H2,15,18)(H2,16,17,19). The highest BCUT2D eigenvalue weighted by atomic mass is 35.5. The van der Waals surface area contributed by atoms with Crippen LogP contribution in [-0.4, -0.2) is 23.1 Å². The van der Waals surface area contributed by atoms with Gasteiger partial charge in [-0.1, -0.05) is 28.4 Å². The number of amidine groups is 1. The van der Waals surface area contributed by atoms with Gasteiger partial charge in [0.15, 0.2) is 5.84 Å². The van der Waals surface area contributed by atoms with Crippen LogP contribution in [0.15, 0.2) is 23.4 Å². The van der Waals surface area contributed by atoms with Gasteiger partial charge >= 0.3 is 6.03 Å². The highest BCUT2D eigenvalue weighted by molar-refractivity contribution is 6.35. The number of urea groups is 1. The van der Waals surface area contributed by atoms with E-state index in [1.165, 1.54) is 0 Å². The normalized spacial score (nSPS) is 16.6. The van der Waals surface area contributed by atoms with Crippen LogP contribution in [0.4, 0.5) is 10.5 Å². The van der Waals surface area contributed by atoms with E-state index >= 15 is 0 Å². The summed E-state index contributed by atoms with van der Waals surface area (Å²) in [4.78, 5) is 11.9. The third kappa shape index (κ3) is 3.68. The first-order valence-electron chi connectivity index (χ1n) is 6.01. The second-order valence-electron chi connectivity index (χ2n) is 4.56. The van der Waals surface area contributed by atoms with Crippen LogP contribution in [-0.2, 0) is 0 Å². The Balaban J connectivity index is 2.02. The molecule has 6 nitrogen and oxygen atoms in total. The molecule has 0 aliphatic heterocycles. The Morgan fingerprint density at radius 1 is 1.45 bits per heavy atom. The van der Waals surface area contributed by atoms with Gasteiger partial charge in [0.25, 0.3) is 0 Å². The van der Waals surface area contributed by atoms with E-state index in [1.54, 1.807) is 18.2 Å². The molecule has 1 aromatic carbocycles. The minimum Gasteiger partial charge on any atom is -0.409 e. The molecule has 5 N–H and O–H groups in total. The molecule has 0 heterocycles. The number of halogens is 2. The average Bonchev–Trinajstić information content (AvgIpc) is 3.24. The Labute approximate surface area is 125 Å². The van der Waals surface area contributed by atoms with E-state index in [-0.39, 0.29) is 11.8 Å². The SMILES string of the molecule is NC(=NO)C(NC(=O)Nc1cc(Cl)ccc1Cl)C1CC1. The number of benzene rings is 1. The number of hydrogen-bond donors (Lipinski definition) is 4. The van der Waals surface area contributed by atoms with Crippen LogP contribution < -0.4 is 16.4 Å². The maximum Gasteiger partial charge on any atom is 0.319 e. The van der Waals surface area contributed by atoms with Crippen molar-refractivity contribution in [3.05, 3.63) is 28.2 Å². The molecular formula is C12H14Cl2N4O2. The van der Waals surface area contributed by atoms with Gasteiger partial charge in [0, 0.05) is 5.02 Å². The molecular weight excluding hydrogens is 303 g/mol. The van der Waals surface area contributed by atoms with Crippen LogP contribution in [0.5, 0.6) is 0 Å². The van der Waals surface area contributed by atoms with E-state index in [0.717, 1.165) is 12.8 Å². The molecule has 0 radical (unpaired) electrons. The topological polar surface area (TPSA) is 99.7 Å². The second kappa shape index (κ2) is 6.19. The Morgan fingerprint density at radius 3 is 2.75 bits per heavy atom. The van der Waals surface area contributed by atoms with Gasteiger partial charge < -0.3 is 21.6 Å². The van der Waals surface area contributed by atoms with Crippen LogP contribution in [0.25, 0.3) is 0 Å². The zero-order chi connectivity index (χ0) is 14.7. The first-order valence-corrected chi connectivity index (χ1v) is 6.77. The lowest BCUT2D eigenvalue weighted by molar-refractivity contribution is 0.249. The summed E-state index contributed by atoms with van der Waals surface area (Å²) in [6.07, 6.45) is 1.86. The lowest BCUT2D eigenvalue weighted by Crippen LogP contribution is -2.47. The lowest BCUT2D eigenvalue weighted by Gasteiger charge is -2.17. The summed E-state index contributed by atoms with van der Waals surface area (Å²) in [5.74, 6) is 0.186. The molecule has 2 rings (SSSR count). The fraction of sp³-hybridized carbons (Fsp3) is 0.333. The second-order valence-corrected chi connectivity index (χ2v) is 5.41. The fourth-order valence-corrected chi connectivity index (χ4v) is 2.15. The molecule has 1 unspecified atom stereocenters. The lowest BCUT2D eigenvalue weighted by atomic mass is 10.2. The zero-order valence-corrected chi connectivity index (χ0v) is 11.9. The summed E-state index contributed by atoms with van der Waals surface area (Å²) in [6.45, 7) is 0. The fourth-order valence-electron chi connectivity index (χ4n) is 1.82. The molecule has 108 valence electrons. The largest absolute Gasteiger partial charge is 0.409 e. The first-order chi connectivity index (χ1) is 9.51. The van der Waals surface area contributed by atoms with E-state index in [4.69, 9.17) is 34.1 Å². The van der Waals surface area contributed by atoms with Crippen LogP contribution in [0.2, 0.25) is 10.0 Å². The summed E-state index contributed by atoms with van der Waals surface area (Å²) in [6, 6.07) is 3.77. The van der Waals surface area contributed by atoms with Crippen molar-refractivity contribution in [1.29, 1.82) is 0 Å². The van der Waals surface area contributed by atoms with E-state index in [1.807, 2.05) is 0 Å². The third-order valence-electron chi connectivity index (χ3n) is 2.99. The molecule has 1 aliphatic rings. The predicted octanol–water partition coefficient (Wildman–Crippen LogP) is 2.64. The molecule has 20 heavy (non-hydrogen) atoms. The number of nitrogens with zero attached hydrogens (tertiary/aromatic N) is 1. The van der Waals surface area contributed by atoms with Crippen molar-refractivity contribution in [1.82, 2.24) is 5.32 Å². The summed E-state index contributed by atoms with van der Waals surface area (Å²) in [7, 11) is 0. The van der Waals surface area contributed by atoms with Gasteiger partial charge in [-0.2, -0.15) is 0 Å². The Bertz CT molecular complexity index is 546. The average molecular weight is 317 g/mol. The molecule has 1 aliphatic carbocycles.